The molecule has 0 atom stereocenters. The summed E-state index contributed by atoms with van der Waals surface area (Å²) in [4.78, 5) is 16.4. The van der Waals surface area contributed by atoms with Crippen molar-refractivity contribution in [1.29, 1.82) is 0 Å². The fourth-order valence-corrected chi connectivity index (χ4v) is 2.61. The highest BCUT2D eigenvalue weighted by Crippen LogP contribution is 2.17. The van der Waals surface area contributed by atoms with E-state index in [1.807, 2.05) is 25.4 Å². The molecule has 1 N–H and O–H groups in total. The van der Waals surface area contributed by atoms with Gasteiger partial charge >= 0.3 is 0 Å². The second-order valence-corrected chi connectivity index (χ2v) is 6.39. The zero-order chi connectivity index (χ0) is 18.5. The fraction of sp³-hybridized carbons (Fsp3) is 0.211. The predicted octanol–water partition coefficient (Wildman–Crippen LogP) is 3.52. The number of hydrogen-bond donors (Lipinski definition) is 1. The van der Waals surface area contributed by atoms with Crippen molar-refractivity contribution in [2.24, 2.45) is 7.05 Å². The summed E-state index contributed by atoms with van der Waals surface area (Å²) in [5.74, 6) is -0.568. The van der Waals surface area contributed by atoms with E-state index >= 15 is 0 Å². The van der Waals surface area contributed by atoms with Crippen LogP contribution in [0, 0.1) is 5.82 Å². The predicted molar refractivity (Wildman–Crippen MR) is 98.0 cm³/mol. The lowest BCUT2D eigenvalue weighted by Gasteiger charge is -2.06. The molecule has 0 radical (unpaired) electrons. The molecule has 0 saturated heterocycles. The van der Waals surface area contributed by atoms with E-state index in [4.69, 9.17) is 11.6 Å². The van der Waals surface area contributed by atoms with Crippen molar-refractivity contribution < 1.29 is 9.18 Å². The van der Waals surface area contributed by atoms with Gasteiger partial charge in [-0.05, 0) is 35.7 Å². The zero-order valence-corrected chi connectivity index (χ0v) is 15.0. The van der Waals surface area contributed by atoms with Gasteiger partial charge < -0.3 is 5.32 Å². The van der Waals surface area contributed by atoms with Crippen LogP contribution in [0.2, 0.25) is 5.02 Å². The third-order valence-corrected chi connectivity index (χ3v) is 4.25. The van der Waals surface area contributed by atoms with Crippen molar-refractivity contribution in [3.8, 4) is 11.3 Å². The molecule has 0 bridgehead atoms. The van der Waals surface area contributed by atoms with Crippen molar-refractivity contribution in [3.05, 3.63) is 70.9 Å². The van der Waals surface area contributed by atoms with Gasteiger partial charge in [0.05, 0.1) is 16.9 Å². The Kier molecular flexibility index (Phi) is 5.63. The van der Waals surface area contributed by atoms with Gasteiger partial charge in [-0.3, -0.25) is 14.5 Å². The molecule has 134 valence electrons. The van der Waals surface area contributed by atoms with E-state index in [0.29, 0.717) is 13.0 Å². The molecule has 0 aliphatic rings. The summed E-state index contributed by atoms with van der Waals surface area (Å²) >= 11 is 5.65. The number of aryl methyl sites for hydroxylation is 2. The first kappa shape index (κ1) is 18.1. The number of carbonyl (C=O) groups is 1. The van der Waals surface area contributed by atoms with Crippen LogP contribution in [0.5, 0.6) is 0 Å². The van der Waals surface area contributed by atoms with Crippen LogP contribution < -0.4 is 5.32 Å². The average Bonchev–Trinajstić information content (AvgIpc) is 3.08. The standard InChI is InChI=1S/C19H18ClFN4O/c1-25-12-15(11-24-25)18-6-3-14(9-22-18)10-23-19(26)7-4-13-2-5-16(20)17(21)8-13/h2-3,5-6,8-9,11-12H,4,7,10H2,1H3,(H,23,26). The second kappa shape index (κ2) is 8.10. The first-order valence-corrected chi connectivity index (χ1v) is 8.53. The molecule has 0 aliphatic carbocycles. The molecular formula is C19H18ClFN4O. The maximum Gasteiger partial charge on any atom is 0.220 e. The number of pyridine rings is 1. The van der Waals surface area contributed by atoms with Crippen molar-refractivity contribution in [2.75, 3.05) is 0 Å². The van der Waals surface area contributed by atoms with Gasteiger partial charge in [0.2, 0.25) is 5.91 Å². The molecular weight excluding hydrogens is 355 g/mol. The van der Waals surface area contributed by atoms with E-state index in [-0.39, 0.29) is 17.4 Å². The summed E-state index contributed by atoms with van der Waals surface area (Å²) in [7, 11) is 1.85. The molecule has 2 heterocycles. The Morgan fingerprint density at radius 1 is 1.23 bits per heavy atom. The van der Waals surface area contributed by atoms with Gasteiger partial charge in [-0.2, -0.15) is 5.10 Å². The van der Waals surface area contributed by atoms with Crippen LogP contribution in [0.25, 0.3) is 11.3 Å². The Labute approximate surface area is 155 Å². The van der Waals surface area contributed by atoms with E-state index in [1.54, 1.807) is 23.1 Å². The lowest BCUT2D eigenvalue weighted by molar-refractivity contribution is -0.121. The summed E-state index contributed by atoms with van der Waals surface area (Å²) in [6, 6.07) is 8.40. The van der Waals surface area contributed by atoms with Gasteiger partial charge in [0.15, 0.2) is 0 Å². The number of nitrogens with one attached hydrogen (secondary N) is 1. The molecule has 26 heavy (non-hydrogen) atoms. The molecule has 1 aromatic carbocycles. The molecule has 0 unspecified atom stereocenters. The van der Waals surface area contributed by atoms with E-state index in [1.165, 1.54) is 12.1 Å². The highest BCUT2D eigenvalue weighted by Gasteiger charge is 2.06. The number of carbonyl (C=O) groups excluding carboxylic acids is 1. The van der Waals surface area contributed by atoms with Crippen LogP contribution in [0.1, 0.15) is 17.5 Å². The molecule has 5 nitrogen and oxygen atoms in total. The Bertz CT molecular complexity index is 908. The van der Waals surface area contributed by atoms with Crippen LogP contribution in [-0.2, 0) is 24.8 Å². The van der Waals surface area contributed by atoms with Crippen LogP contribution in [0.4, 0.5) is 4.39 Å². The average molecular weight is 373 g/mol. The Balaban J connectivity index is 1.48. The minimum absolute atomic E-state index is 0.0837. The third-order valence-electron chi connectivity index (χ3n) is 3.94. The number of halogens is 2. The molecule has 3 aromatic rings. The molecule has 1 amide bonds. The van der Waals surface area contributed by atoms with Crippen LogP contribution in [0.15, 0.2) is 48.9 Å². The smallest absolute Gasteiger partial charge is 0.220 e. The summed E-state index contributed by atoms with van der Waals surface area (Å²) in [6.07, 6.45) is 6.12. The lowest BCUT2D eigenvalue weighted by Crippen LogP contribution is -2.23. The van der Waals surface area contributed by atoms with Gasteiger partial charge in [0, 0.05) is 38.0 Å². The van der Waals surface area contributed by atoms with Gasteiger partial charge in [0.25, 0.3) is 0 Å². The summed E-state index contributed by atoms with van der Waals surface area (Å²) in [5, 5.41) is 7.05. The Morgan fingerprint density at radius 3 is 2.69 bits per heavy atom. The van der Waals surface area contributed by atoms with Gasteiger partial charge in [-0.25, -0.2) is 4.39 Å². The molecule has 3 rings (SSSR count). The van der Waals surface area contributed by atoms with E-state index in [0.717, 1.165) is 22.4 Å². The number of hydrogen-bond acceptors (Lipinski definition) is 3. The molecule has 2 aromatic heterocycles. The van der Waals surface area contributed by atoms with Crippen LogP contribution in [-0.4, -0.2) is 20.7 Å². The lowest BCUT2D eigenvalue weighted by atomic mass is 10.1. The maximum absolute atomic E-state index is 13.4. The number of aromatic nitrogens is 3. The van der Waals surface area contributed by atoms with Crippen molar-refractivity contribution >= 4 is 17.5 Å². The van der Waals surface area contributed by atoms with Gasteiger partial charge in [0.1, 0.15) is 5.82 Å². The van der Waals surface area contributed by atoms with Crippen molar-refractivity contribution in [2.45, 2.75) is 19.4 Å². The normalized spacial score (nSPS) is 10.7. The summed E-state index contributed by atoms with van der Waals surface area (Å²) in [5.41, 5.74) is 3.42. The Morgan fingerprint density at radius 2 is 2.04 bits per heavy atom. The van der Waals surface area contributed by atoms with Gasteiger partial charge in [-0.15, -0.1) is 0 Å². The second-order valence-electron chi connectivity index (χ2n) is 5.98. The van der Waals surface area contributed by atoms with Crippen molar-refractivity contribution in [1.82, 2.24) is 20.1 Å². The summed E-state index contributed by atoms with van der Waals surface area (Å²) in [6.45, 7) is 0.397. The van der Waals surface area contributed by atoms with E-state index in [9.17, 15) is 9.18 Å². The van der Waals surface area contributed by atoms with Gasteiger partial charge in [-0.1, -0.05) is 23.7 Å². The molecule has 0 saturated carbocycles. The van der Waals surface area contributed by atoms with E-state index in [2.05, 4.69) is 15.4 Å². The molecule has 7 heteroatoms. The van der Waals surface area contributed by atoms with Crippen LogP contribution in [0.3, 0.4) is 0 Å². The van der Waals surface area contributed by atoms with Crippen molar-refractivity contribution in [3.63, 3.8) is 0 Å². The Hall–Kier alpha value is -2.73. The monoisotopic (exact) mass is 372 g/mol. The summed E-state index contributed by atoms with van der Waals surface area (Å²) < 4.78 is 15.1. The number of amides is 1. The molecule has 0 aliphatic heterocycles. The third kappa shape index (κ3) is 4.67. The minimum Gasteiger partial charge on any atom is -0.352 e. The topological polar surface area (TPSA) is 59.8 Å². The minimum atomic E-state index is -0.468. The SMILES string of the molecule is Cn1cc(-c2ccc(CNC(=O)CCc3ccc(Cl)c(F)c3)cn2)cn1. The number of rotatable bonds is 6. The molecule has 0 fully saturated rings. The van der Waals surface area contributed by atoms with E-state index < -0.39 is 5.82 Å². The zero-order valence-electron chi connectivity index (χ0n) is 14.2. The highest BCUT2D eigenvalue weighted by molar-refractivity contribution is 6.30. The molecule has 0 spiro atoms. The maximum atomic E-state index is 13.4. The number of nitrogens with zero attached hydrogens (tertiary/aromatic N) is 3. The quantitative estimate of drug-likeness (QED) is 0.720. The largest absolute Gasteiger partial charge is 0.352 e. The number of benzene rings is 1. The first-order chi connectivity index (χ1) is 12.5. The fourth-order valence-electron chi connectivity index (χ4n) is 2.50. The highest BCUT2D eigenvalue weighted by atomic mass is 35.5. The first-order valence-electron chi connectivity index (χ1n) is 8.16. The van der Waals surface area contributed by atoms with Crippen LogP contribution >= 0.6 is 11.6 Å².